The van der Waals surface area contributed by atoms with Gasteiger partial charge in [0.1, 0.15) is 72.6 Å². The topological polar surface area (TPSA) is 682 Å². The monoisotopic (exact) mass is 1660 g/mol. The fourth-order valence-electron chi connectivity index (χ4n) is 12.3. The molecule has 0 aliphatic carbocycles. The number of aromatic amines is 1. The first kappa shape index (κ1) is 99.3. The maximum Gasteiger partial charge on any atom is 0.335 e. The summed E-state index contributed by atoms with van der Waals surface area (Å²) in [6, 6.07) is -14.7. The smallest absolute Gasteiger partial charge is 0.335 e. The number of rotatable bonds is 38. The summed E-state index contributed by atoms with van der Waals surface area (Å²) in [7, 11) is 1.75. The lowest BCUT2D eigenvalue weighted by atomic mass is 9.94. The number of primary amides is 2. The summed E-state index contributed by atoms with van der Waals surface area (Å²) in [5, 5.41) is 67.6. The summed E-state index contributed by atoms with van der Waals surface area (Å²) in [5.41, 5.74) is 18.0. The number of benzene rings is 1. The lowest BCUT2D eigenvalue weighted by molar-refractivity contribution is -0.159. The number of aliphatic carboxylic acids is 4. The summed E-state index contributed by atoms with van der Waals surface area (Å²) < 4.78 is 10.8. The maximum absolute atomic E-state index is 15.0. The van der Waals surface area contributed by atoms with Gasteiger partial charge in [-0.1, -0.05) is 91.3 Å². The van der Waals surface area contributed by atoms with Crippen molar-refractivity contribution in [2.75, 3.05) is 33.8 Å². The minimum Gasteiger partial charge on any atom is -0.481 e. The van der Waals surface area contributed by atoms with Gasteiger partial charge in [0.25, 0.3) is 0 Å². The van der Waals surface area contributed by atoms with Gasteiger partial charge in [-0.25, -0.2) is 9.59 Å². The van der Waals surface area contributed by atoms with Crippen molar-refractivity contribution in [2.45, 2.75) is 243 Å². The summed E-state index contributed by atoms with van der Waals surface area (Å²) in [6.07, 6.45) is -3.85. The fraction of sp³-hybridized carbons (Fsp3) is 0.622. The Kier molecular flexibility index (Phi) is 42.2. The number of nitrogens with zero attached hydrogens (tertiary/aromatic N) is 1. The molecule has 650 valence electrons. The highest BCUT2D eigenvalue weighted by molar-refractivity contribution is 6.02. The molecule has 43 heteroatoms. The molecule has 2 aromatic rings. The Bertz CT molecular complexity index is 3870. The average molecular weight is 1660 g/mol. The van der Waals surface area contributed by atoms with Crippen molar-refractivity contribution in [3.63, 3.8) is 0 Å². The van der Waals surface area contributed by atoms with E-state index in [1.54, 1.807) is 30.5 Å². The highest BCUT2D eigenvalue weighted by Crippen LogP contribution is 2.22. The molecule has 0 radical (unpaired) electrons. The molecule has 0 bridgehead atoms. The van der Waals surface area contributed by atoms with E-state index in [4.69, 9.17) is 26.7 Å². The lowest BCUT2D eigenvalue weighted by Gasteiger charge is -2.32. The number of unbranched alkanes of at least 4 members (excludes halogenated alkanes) is 5. The van der Waals surface area contributed by atoms with Crippen molar-refractivity contribution in [1.82, 2.24) is 73.7 Å². The molecule has 43 nitrogen and oxygen atoms in total. The van der Waals surface area contributed by atoms with E-state index in [-0.39, 0.29) is 45.1 Å². The molecule has 1 aliphatic rings. The van der Waals surface area contributed by atoms with Crippen LogP contribution in [-0.4, -0.2) is 261 Å². The summed E-state index contributed by atoms with van der Waals surface area (Å²) >= 11 is 0. The van der Waals surface area contributed by atoms with Crippen molar-refractivity contribution in [3.05, 3.63) is 36.0 Å². The molecule has 3 rings (SSSR count). The first-order valence-electron chi connectivity index (χ1n) is 38.3. The van der Waals surface area contributed by atoms with Gasteiger partial charge in [0, 0.05) is 50.5 Å². The van der Waals surface area contributed by atoms with Crippen LogP contribution in [0.3, 0.4) is 0 Å². The van der Waals surface area contributed by atoms with Gasteiger partial charge >= 0.3 is 29.8 Å². The SMILES string of the molecule is CC[C@H](C)[C@@H]1NC(=O)[C@H]([C@H](C)CC(=O)O)NC(=O)[C@@H](CC(N)=O)NC(=O)CNC(=O)[C@H]([C@H](OC)C(=O)O)NC(=O)[C@@H](CCCCN)NC(=O)[C@H](CC(=O)O)NC(=O)[C@H](C)NC(=O)CN(C)C(=O)[C@@H](NC(=O)[C@H](CC(N)=O)NC(=O)[C@@H](CCC(=O)O)NC(=O)[C@H](Cc2c[nH]c3ccccc23)NC(=O)CCCCCCCC(C)C)[C@H](C)OC1=O. The van der Waals surface area contributed by atoms with Crippen LogP contribution in [-0.2, 0) is 112 Å². The number of carbonyl (C=O) groups is 20. The predicted molar refractivity (Wildman–Crippen MR) is 411 cm³/mol. The summed E-state index contributed by atoms with van der Waals surface area (Å²) in [6.45, 7) is 8.05. The van der Waals surface area contributed by atoms with E-state index in [1.165, 1.54) is 13.8 Å². The maximum atomic E-state index is 15.0. The number of para-hydroxylation sites is 1. The van der Waals surface area contributed by atoms with E-state index in [1.807, 2.05) is 5.32 Å². The number of ether oxygens (including phenoxy) is 2. The number of nitrogens with one attached hydrogen (secondary N) is 13. The van der Waals surface area contributed by atoms with Gasteiger partial charge in [-0.05, 0) is 81.9 Å². The molecule has 0 unspecified atom stereocenters. The zero-order valence-electron chi connectivity index (χ0n) is 66.9. The van der Waals surface area contributed by atoms with Gasteiger partial charge in [0.05, 0.1) is 38.8 Å². The van der Waals surface area contributed by atoms with Crippen LogP contribution in [0.1, 0.15) is 163 Å². The third-order valence-electron chi connectivity index (χ3n) is 19.0. The van der Waals surface area contributed by atoms with Crippen molar-refractivity contribution >= 4 is 129 Å². The average Bonchev–Trinajstić information content (AvgIpc) is 1.79. The molecule has 2 heterocycles. The van der Waals surface area contributed by atoms with E-state index in [9.17, 15) is 112 Å². The molecule has 117 heavy (non-hydrogen) atoms. The number of methoxy groups -OCH3 is 1. The number of H-pyrrole nitrogens is 1. The molecular weight excluding hydrogens is 1540 g/mol. The van der Waals surface area contributed by atoms with Crippen LogP contribution in [0.5, 0.6) is 0 Å². The van der Waals surface area contributed by atoms with E-state index in [0.717, 1.165) is 60.6 Å². The molecule has 23 N–H and O–H groups in total. The number of aromatic nitrogens is 1. The van der Waals surface area contributed by atoms with Crippen LogP contribution in [0.15, 0.2) is 30.5 Å². The number of hydrogen-bond acceptors (Lipinski definition) is 23. The van der Waals surface area contributed by atoms with E-state index < -0.39 is 261 Å². The zero-order valence-corrected chi connectivity index (χ0v) is 66.9. The molecular formula is C74H113N17O26. The van der Waals surface area contributed by atoms with E-state index in [0.29, 0.717) is 40.1 Å². The van der Waals surface area contributed by atoms with Crippen LogP contribution in [0.2, 0.25) is 0 Å². The Morgan fingerprint density at radius 3 is 1.79 bits per heavy atom. The Hall–Kier alpha value is -11.9. The quantitative estimate of drug-likeness (QED) is 0.0222. The van der Waals surface area contributed by atoms with Crippen molar-refractivity contribution in [1.29, 1.82) is 0 Å². The highest BCUT2D eigenvalue weighted by atomic mass is 16.5. The molecule has 1 fully saturated rings. The van der Waals surface area contributed by atoms with Crippen molar-refractivity contribution < 1.29 is 126 Å². The molecule has 1 aliphatic heterocycles. The first-order valence-corrected chi connectivity index (χ1v) is 38.3. The van der Waals surface area contributed by atoms with Crippen LogP contribution in [0, 0.1) is 17.8 Å². The van der Waals surface area contributed by atoms with Gasteiger partial charge in [-0.2, -0.15) is 0 Å². The number of fused-ring (bicyclic) bond motifs is 1. The third kappa shape index (κ3) is 34.6. The zero-order chi connectivity index (χ0) is 88.1. The third-order valence-corrected chi connectivity index (χ3v) is 19.0. The van der Waals surface area contributed by atoms with Gasteiger partial charge in [0.2, 0.25) is 88.6 Å². The molecule has 15 amide bonds. The Morgan fingerprint density at radius 1 is 0.590 bits per heavy atom. The molecule has 1 aromatic heterocycles. The highest BCUT2D eigenvalue weighted by Gasteiger charge is 2.43. The van der Waals surface area contributed by atoms with E-state index in [2.05, 4.69) is 77.3 Å². The largest absolute Gasteiger partial charge is 0.481 e. The molecule has 1 aromatic carbocycles. The van der Waals surface area contributed by atoms with Gasteiger partial charge < -0.3 is 121 Å². The number of nitrogens with two attached hydrogens (primary N) is 3. The minimum absolute atomic E-state index is 0.00387. The Morgan fingerprint density at radius 2 is 1.19 bits per heavy atom. The van der Waals surface area contributed by atoms with Crippen molar-refractivity contribution in [2.24, 2.45) is 35.0 Å². The lowest BCUT2D eigenvalue weighted by Crippen LogP contribution is -2.62. The first-order chi connectivity index (χ1) is 55.0. The number of hydrogen-bond donors (Lipinski definition) is 20. The van der Waals surface area contributed by atoms with Gasteiger partial charge in [-0.15, -0.1) is 0 Å². The standard InChI is InChI=1S/C74H113N17O26/c1-10-37(4)59-74(115)117-40(7)60(89-69(109)48(31-51(77)93)86-64(104)45(25-26-55(97)98)84-66(106)46(29-41-33-78-43-22-17-16-21-42(41)43)81-52(94)24-15-13-11-12-14-20-36(2)3)72(112)91(8)35-54(96)80-39(6)63(103)85-49(32-57(101)102)67(107)83-44(23-18-19-27-75)65(105)90-61(62(116-9)73(113)114)70(110)79-34-53(95)82-47(30-50(76)92)68(108)87-58(71(111)88-59)38(5)28-56(99)100/h16-17,21-22,33,36-40,44-49,58-62,78H,10-15,18-20,23-32,34-35,75H2,1-9H3,(H2,76,92)(H2,77,93)(H,79,110)(H,80,96)(H,81,94)(H,82,95)(H,83,107)(H,84,106)(H,85,103)(H,86,104)(H,87,108)(H,88,111)(H,89,109)(H,90,105)(H,97,98)(H,99,100)(H,101,102)(H,113,114)/t37-,38+,39-,40-,44+,45+,46-,47+,48-,49-,58-,59-,60-,61-,62-/m0/s1. The molecule has 1 saturated heterocycles. The molecule has 0 saturated carbocycles. The summed E-state index contributed by atoms with van der Waals surface area (Å²) in [5.74, 6) is -29.1. The van der Waals surface area contributed by atoms with Crippen molar-refractivity contribution in [3.8, 4) is 0 Å². The predicted octanol–water partition coefficient (Wildman–Crippen LogP) is -4.55. The normalized spacial score (nSPS) is 21.8. The number of carbonyl (C=O) groups excluding carboxylic acids is 16. The second kappa shape index (κ2) is 49.8. The number of amides is 15. The number of esters is 1. The van der Waals surface area contributed by atoms with Gasteiger partial charge in [-0.3, -0.25) is 86.3 Å². The second-order valence-electron chi connectivity index (χ2n) is 29.1. The van der Waals surface area contributed by atoms with Crippen LogP contribution in [0.25, 0.3) is 10.9 Å². The second-order valence-corrected chi connectivity index (χ2v) is 29.1. The van der Waals surface area contributed by atoms with E-state index >= 15 is 4.79 Å². The Balaban J connectivity index is 2.27. The Labute approximate surface area is 673 Å². The van der Waals surface area contributed by atoms with Crippen LogP contribution < -0.4 is 81.0 Å². The molecule has 15 atom stereocenters. The fourth-order valence-corrected chi connectivity index (χ4v) is 12.3. The molecule has 0 spiro atoms. The minimum atomic E-state index is -2.30. The number of carboxylic acids is 4. The van der Waals surface area contributed by atoms with Crippen LogP contribution in [0.4, 0.5) is 0 Å². The van der Waals surface area contributed by atoms with Gasteiger partial charge in [0.15, 0.2) is 6.10 Å². The van der Waals surface area contributed by atoms with Crippen LogP contribution >= 0.6 is 0 Å². The summed E-state index contributed by atoms with van der Waals surface area (Å²) in [4.78, 5) is 278. The number of cyclic esters (lactones) is 1. The number of carboxylic acid groups (broad SMARTS) is 4. The number of likely N-dealkylation sites (N-methyl/N-ethyl adjacent to an activating group) is 1.